The highest BCUT2D eigenvalue weighted by molar-refractivity contribution is 7.93. The van der Waals surface area contributed by atoms with Gasteiger partial charge in [0.15, 0.2) is 21.3 Å². The second-order valence-corrected chi connectivity index (χ2v) is 10.2. The van der Waals surface area contributed by atoms with Crippen molar-refractivity contribution in [3.63, 3.8) is 0 Å². The fraction of sp³-hybridized carbons (Fsp3) is 0.350. The maximum atomic E-state index is 13.6. The largest absolute Gasteiger partial charge is 0.485 e. The monoisotopic (exact) mass is 446 g/mol. The van der Waals surface area contributed by atoms with E-state index in [-0.39, 0.29) is 34.9 Å². The Morgan fingerprint density at radius 2 is 2.06 bits per heavy atom. The summed E-state index contributed by atoms with van der Waals surface area (Å²) < 4.78 is 49.4. The Morgan fingerprint density at radius 1 is 1.29 bits per heavy atom. The molecule has 0 unspecified atom stereocenters. The van der Waals surface area contributed by atoms with Crippen LogP contribution in [0.25, 0.3) is 5.52 Å². The molecule has 1 saturated carbocycles. The first-order valence-corrected chi connectivity index (χ1v) is 11.5. The Labute approximate surface area is 177 Å². The molecule has 3 aromatic rings. The van der Waals surface area contributed by atoms with Gasteiger partial charge < -0.3 is 14.8 Å². The molecular weight excluding hydrogens is 427 g/mol. The highest BCUT2D eigenvalue weighted by Gasteiger charge is 2.46. The lowest BCUT2D eigenvalue weighted by Gasteiger charge is -2.38. The van der Waals surface area contributed by atoms with Gasteiger partial charge in [0.2, 0.25) is 0 Å². The summed E-state index contributed by atoms with van der Waals surface area (Å²) >= 11 is 0. The molecule has 162 valence electrons. The van der Waals surface area contributed by atoms with Crippen molar-refractivity contribution in [2.75, 3.05) is 11.5 Å². The van der Waals surface area contributed by atoms with Gasteiger partial charge in [0.1, 0.15) is 11.6 Å². The van der Waals surface area contributed by atoms with Crippen molar-refractivity contribution < 1.29 is 27.1 Å². The fourth-order valence-electron chi connectivity index (χ4n) is 3.53. The van der Waals surface area contributed by atoms with Crippen LogP contribution in [0.4, 0.5) is 4.39 Å². The maximum Gasteiger partial charge on any atom is 0.272 e. The average Bonchev–Trinajstić information content (AvgIpc) is 3.37. The molecule has 0 spiro atoms. The molecule has 9 nitrogen and oxygen atoms in total. The second-order valence-electron chi connectivity index (χ2n) is 8.18. The van der Waals surface area contributed by atoms with Gasteiger partial charge in [0, 0.05) is 18.3 Å². The summed E-state index contributed by atoms with van der Waals surface area (Å²) in [6.07, 6.45) is 4.54. The molecule has 0 atom stereocenters. The van der Waals surface area contributed by atoms with Crippen LogP contribution in [0.1, 0.15) is 30.3 Å². The second kappa shape index (κ2) is 6.91. The zero-order chi connectivity index (χ0) is 21.8. The van der Waals surface area contributed by atoms with Crippen molar-refractivity contribution in [3.8, 4) is 17.4 Å². The Bertz CT molecular complexity index is 1290. The molecule has 1 N–H and O–H groups in total. The Balaban J connectivity index is 1.35. The third-order valence-electron chi connectivity index (χ3n) is 4.98. The third-order valence-corrected chi connectivity index (χ3v) is 7.13. The number of carbonyl (C=O) groups is 1. The minimum atomic E-state index is -3.08. The minimum absolute atomic E-state index is 0.0526. The van der Waals surface area contributed by atoms with Crippen molar-refractivity contribution in [1.29, 1.82) is 0 Å². The van der Waals surface area contributed by atoms with Crippen LogP contribution in [0.15, 0.2) is 36.7 Å². The number of carbonyl (C=O) groups excluding carboxylic acids is 1. The molecule has 1 saturated heterocycles. The number of nitrogens with one attached hydrogen (secondary N) is 1. The number of aromatic nitrogens is 3. The third kappa shape index (κ3) is 4.18. The van der Waals surface area contributed by atoms with E-state index < -0.39 is 27.1 Å². The van der Waals surface area contributed by atoms with Crippen molar-refractivity contribution in [3.05, 3.63) is 48.2 Å². The molecule has 5 rings (SSSR count). The van der Waals surface area contributed by atoms with Gasteiger partial charge in [0.05, 0.1) is 34.9 Å². The first kappa shape index (κ1) is 19.7. The highest BCUT2D eigenvalue weighted by atomic mass is 32.2. The zero-order valence-corrected chi connectivity index (χ0v) is 17.4. The molecule has 3 aromatic heterocycles. The molecule has 31 heavy (non-hydrogen) atoms. The number of amides is 1. The summed E-state index contributed by atoms with van der Waals surface area (Å²) in [6, 6.07) is 6.10. The highest BCUT2D eigenvalue weighted by Crippen LogP contribution is 2.35. The number of fused-ring (bicyclic) bond motifs is 1. The molecule has 4 heterocycles. The van der Waals surface area contributed by atoms with Gasteiger partial charge in [-0.3, -0.25) is 4.79 Å². The molecule has 0 bridgehead atoms. The molecule has 2 fully saturated rings. The van der Waals surface area contributed by atoms with Crippen LogP contribution in [-0.2, 0) is 9.84 Å². The van der Waals surface area contributed by atoms with Crippen molar-refractivity contribution in [1.82, 2.24) is 19.9 Å². The Hall–Kier alpha value is -3.21. The molecule has 0 aromatic carbocycles. The molecule has 1 aliphatic carbocycles. The number of hydrogen-bond acceptors (Lipinski definition) is 7. The lowest BCUT2D eigenvalue weighted by molar-refractivity contribution is 0.0911. The number of hydrogen-bond donors (Lipinski definition) is 1. The van der Waals surface area contributed by atoms with Crippen LogP contribution in [0, 0.1) is 5.82 Å². The fourth-order valence-corrected chi connectivity index (χ4v) is 5.53. The summed E-state index contributed by atoms with van der Waals surface area (Å²) in [5, 5.41) is 6.96. The molecule has 2 aliphatic rings. The standard InChI is InChI=1S/C20H19FN4O5S/c1-20(10-31(27,28)11-20)23-18(26)16-8-13-7-15(4-5-25(13)24-16)30-19-17(29-14-2-3-14)6-12(21)9-22-19/h4-9,14H,2-3,10-11H2,1H3,(H,23,26). The van der Waals surface area contributed by atoms with E-state index in [1.54, 1.807) is 31.3 Å². The number of nitrogens with zero attached hydrogens (tertiary/aromatic N) is 3. The van der Waals surface area contributed by atoms with E-state index in [9.17, 15) is 17.6 Å². The van der Waals surface area contributed by atoms with Gasteiger partial charge in [-0.1, -0.05) is 0 Å². The number of sulfone groups is 1. The molecule has 1 aliphatic heterocycles. The summed E-state index contributed by atoms with van der Waals surface area (Å²) in [7, 11) is -3.08. The van der Waals surface area contributed by atoms with E-state index in [1.165, 1.54) is 10.6 Å². The summed E-state index contributed by atoms with van der Waals surface area (Å²) in [4.78, 5) is 16.5. The van der Waals surface area contributed by atoms with Gasteiger partial charge in [-0.25, -0.2) is 22.3 Å². The van der Waals surface area contributed by atoms with E-state index in [1.807, 2.05) is 0 Å². The Kier molecular flexibility index (Phi) is 4.40. The molecular formula is C20H19FN4O5S. The van der Waals surface area contributed by atoms with Gasteiger partial charge in [-0.15, -0.1) is 0 Å². The van der Waals surface area contributed by atoms with Crippen molar-refractivity contribution in [2.24, 2.45) is 0 Å². The van der Waals surface area contributed by atoms with Gasteiger partial charge in [0.25, 0.3) is 11.8 Å². The van der Waals surface area contributed by atoms with Crippen LogP contribution >= 0.6 is 0 Å². The predicted octanol–water partition coefficient (Wildman–Crippen LogP) is 2.12. The number of ether oxygens (including phenoxy) is 2. The maximum absolute atomic E-state index is 13.6. The first-order valence-electron chi connectivity index (χ1n) is 9.71. The quantitative estimate of drug-likeness (QED) is 0.617. The topological polar surface area (TPSA) is 112 Å². The summed E-state index contributed by atoms with van der Waals surface area (Å²) in [6.45, 7) is 1.69. The number of rotatable bonds is 6. The zero-order valence-electron chi connectivity index (χ0n) is 16.5. The van der Waals surface area contributed by atoms with Gasteiger partial charge in [-0.05, 0) is 31.9 Å². The lowest BCUT2D eigenvalue weighted by Crippen LogP contribution is -2.63. The van der Waals surface area contributed by atoms with Crippen LogP contribution in [0.3, 0.4) is 0 Å². The molecule has 11 heteroatoms. The predicted molar refractivity (Wildman–Crippen MR) is 108 cm³/mol. The van der Waals surface area contributed by atoms with Gasteiger partial charge >= 0.3 is 0 Å². The minimum Gasteiger partial charge on any atom is -0.485 e. The number of pyridine rings is 2. The smallest absolute Gasteiger partial charge is 0.272 e. The number of halogens is 1. The van der Waals surface area contributed by atoms with Crippen LogP contribution in [0.5, 0.6) is 17.4 Å². The van der Waals surface area contributed by atoms with E-state index in [4.69, 9.17) is 9.47 Å². The average molecular weight is 446 g/mol. The van der Waals surface area contributed by atoms with E-state index in [0.717, 1.165) is 19.0 Å². The molecule has 1 amide bonds. The van der Waals surface area contributed by atoms with E-state index >= 15 is 0 Å². The van der Waals surface area contributed by atoms with Crippen LogP contribution in [0.2, 0.25) is 0 Å². The van der Waals surface area contributed by atoms with Crippen LogP contribution < -0.4 is 14.8 Å². The van der Waals surface area contributed by atoms with Crippen molar-refractivity contribution >= 4 is 21.3 Å². The van der Waals surface area contributed by atoms with E-state index in [0.29, 0.717) is 11.3 Å². The molecule has 0 radical (unpaired) electrons. The Morgan fingerprint density at radius 3 is 2.77 bits per heavy atom. The lowest BCUT2D eigenvalue weighted by atomic mass is 10.1. The van der Waals surface area contributed by atoms with Crippen LogP contribution in [-0.4, -0.2) is 52.1 Å². The first-order chi connectivity index (χ1) is 14.7. The van der Waals surface area contributed by atoms with Gasteiger partial charge in [-0.2, -0.15) is 5.10 Å². The van der Waals surface area contributed by atoms with E-state index in [2.05, 4.69) is 15.4 Å². The van der Waals surface area contributed by atoms with Crippen molar-refractivity contribution in [2.45, 2.75) is 31.4 Å². The summed E-state index contributed by atoms with van der Waals surface area (Å²) in [5.41, 5.74) is -0.0483. The summed E-state index contributed by atoms with van der Waals surface area (Å²) in [5.74, 6) is -0.355. The normalized spacial score (nSPS) is 18.9. The SMILES string of the molecule is CC1(NC(=O)c2cc3cc(Oc4ncc(F)cc4OC4CC4)ccn3n2)CS(=O)(=O)C1.